The highest BCUT2D eigenvalue weighted by atomic mass is 16.5. The van der Waals surface area contributed by atoms with E-state index in [1.165, 1.54) is 5.56 Å². The molecule has 0 amide bonds. The van der Waals surface area contributed by atoms with Crippen molar-refractivity contribution in [1.82, 2.24) is 0 Å². The van der Waals surface area contributed by atoms with Crippen LogP contribution in [0.25, 0.3) is 0 Å². The Labute approximate surface area is 104 Å². The molecule has 17 heavy (non-hydrogen) atoms. The molecule has 0 aliphatic heterocycles. The quantitative estimate of drug-likeness (QED) is 0.714. The predicted octanol–water partition coefficient (Wildman–Crippen LogP) is 4.19. The fraction of sp³-hybridized carbons (Fsp3) is 0.533. The van der Waals surface area contributed by atoms with Crippen molar-refractivity contribution in [3.05, 3.63) is 29.3 Å². The predicted molar refractivity (Wildman–Crippen MR) is 70.9 cm³/mol. The maximum absolute atomic E-state index is 11.9. The average Bonchev–Trinajstić information content (AvgIpc) is 2.27. The number of ether oxygens (including phenoxy) is 1. The van der Waals surface area contributed by atoms with Gasteiger partial charge in [-0.25, -0.2) is 0 Å². The number of carbonyl (C=O) groups excluding carboxylic acids is 1. The van der Waals surface area contributed by atoms with Crippen LogP contribution in [-0.4, -0.2) is 11.9 Å². The maximum Gasteiger partial charge on any atom is 0.166 e. The third-order valence-electron chi connectivity index (χ3n) is 2.65. The first kappa shape index (κ1) is 13.8. The van der Waals surface area contributed by atoms with Crippen LogP contribution in [0.4, 0.5) is 0 Å². The zero-order chi connectivity index (χ0) is 13.0. The van der Waals surface area contributed by atoms with E-state index < -0.39 is 0 Å². The Kier molecular flexibility index (Phi) is 4.73. The summed E-state index contributed by atoms with van der Waals surface area (Å²) in [6, 6.07) is 5.92. The zero-order valence-electron chi connectivity index (χ0n) is 11.4. The van der Waals surface area contributed by atoms with Crippen molar-refractivity contribution in [3.8, 4) is 5.75 Å². The van der Waals surface area contributed by atoms with Crippen molar-refractivity contribution in [2.24, 2.45) is 0 Å². The Morgan fingerprint density at radius 1 is 1.24 bits per heavy atom. The summed E-state index contributed by atoms with van der Waals surface area (Å²) in [6.45, 7) is 10.1. The number of hydrogen-bond donors (Lipinski definition) is 0. The number of ketones is 1. The molecule has 94 valence electrons. The standard InChI is InChI=1S/C15H22O2/c1-6-14(16)13-9-12(10(2)3)7-8-15(13)17-11(4)5/h7-11H,6H2,1-5H3. The monoisotopic (exact) mass is 234 g/mol. The highest BCUT2D eigenvalue weighted by Gasteiger charge is 2.14. The number of Topliss-reactive ketones (excluding diaryl/α,β-unsaturated/α-hetero) is 1. The summed E-state index contributed by atoms with van der Waals surface area (Å²) < 4.78 is 5.68. The fourth-order valence-corrected chi connectivity index (χ4v) is 1.67. The molecule has 2 nitrogen and oxygen atoms in total. The van der Waals surface area contributed by atoms with Crippen molar-refractivity contribution in [3.63, 3.8) is 0 Å². The molecule has 0 aliphatic carbocycles. The van der Waals surface area contributed by atoms with Crippen LogP contribution in [0.1, 0.15) is 62.9 Å². The first-order chi connectivity index (χ1) is 7.95. The third-order valence-corrected chi connectivity index (χ3v) is 2.65. The van der Waals surface area contributed by atoms with Gasteiger partial charge in [0.1, 0.15) is 5.75 Å². The molecule has 0 spiro atoms. The number of benzene rings is 1. The second kappa shape index (κ2) is 5.85. The van der Waals surface area contributed by atoms with Crippen molar-refractivity contribution < 1.29 is 9.53 Å². The van der Waals surface area contributed by atoms with Crippen LogP contribution >= 0.6 is 0 Å². The SMILES string of the molecule is CCC(=O)c1cc(C(C)C)ccc1OC(C)C. The van der Waals surface area contributed by atoms with Gasteiger partial charge in [0.25, 0.3) is 0 Å². The largest absolute Gasteiger partial charge is 0.490 e. The van der Waals surface area contributed by atoms with Crippen molar-refractivity contribution in [2.45, 2.75) is 53.1 Å². The van der Waals surface area contributed by atoms with E-state index in [1.807, 2.05) is 39.0 Å². The van der Waals surface area contributed by atoms with E-state index in [4.69, 9.17) is 4.74 Å². The van der Waals surface area contributed by atoms with Crippen LogP contribution in [0.5, 0.6) is 5.75 Å². The maximum atomic E-state index is 11.9. The first-order valence-corrected chi connectivity index (χ1v) is 6.29. The van der Waals surface area contributed by atoms with Gasteiger partial charge in [-0.05, 0) is 37.5 Å². The van der Waals surface area contributed by atoms with Crippen LogP contribution in [0.2, 0.25) is 0 Å². The third kappa shape index (κ3) is 3.58. The molecular weight excluding hydrogens is 212 g/mol. The smallest absolute Gasteiger partial charge is 0.166 e. The molecule has 0 saturated heterocycles. The van der Waals surface area contributed by atoms with E-state index in [1.54, 1.807) is 0 Å². The lowest BCUT2D eigenvalue weighted by atomic mass is 9.98. The Bertz CT molecular complexity index is 392. The van der Waals surface area contributed by atoms with Gasteiger partial charge in [0.05, 0.1) is 11.7 Å². The molecule has 0 aromatic heterocycles. The second-order valence-corrected chi connectivity index (χ2v) is 4.85. The van der Waals surface area contributed by atoms with Gasteiger partial charge in [0.2, 0.25) is 0 Å². The molecule has 0 fully saturated rings. The van der Waals surface area contributed by atoms with E-state index in [-0.39, 0.29) is 11.9 Å². The van der Waals surface area contributed by atoms with E-state index in [9.17, 15) is 4.79 Å². The molecule has 2 heteroatoms. The summed E-state index contributed by atoms with van der Waals surface area (Å²) in [5.74, 6) is 1.27. The molecular formula is C15H22O2. The number of hydrogen-bond acceptors (Lipinski definition) is 2. The molecule has 0 radical (unpaired) electrons. The molecule has 0 atom stereocenters. The van der Waals surface area contributed by atoms with Crippen LogP contribution in [0, 0.1) is 0 Å². The number of rotatable bonds is 5. The summed E-state index contributed by atoms with van der Waals surface area (Å²) in [5.41, 5.74) is 1.89. The van der Waals surface area contributed by atoms with Crippen LogP contribution < -0.4 is 4.74 Å². The van der Waals surface area contributed by atoms with Gasteiger partial charge in [0.15, 0.2) is 5.78 Å². The molecule has 1 aromatic carbocycles. The second-order valence-electron chi connectivity index (χ2n) is 4.85. The molecule has 0 aliphatic rings. The van der Waals surface area contributed by atoms with Gasteiger partial charge in [-0.2, -0.15) is 0 Å². The minimum atomic E-state index is 0.0864. The van der Waals surface area contributed by atoms with Crippen molar-refractivity contribution in [1.29, 1.82) is 0 Å². The molecule has 0 saturated carbocycles. The molecule has 0 unspecified atom stereocenters. The summed E-state index contributed by atoms with van der Waals surface area (Å²) in [4.78, 5) is 11.9. The lowest BCUT2D eigenvalue weighted by Crippen LogP contribution is -2.10. The Balaban J connectivity index is 3.16. The van der Waals surface area contributed by atoms with E-state index in [0.29, 0.717) is 23.7 Å². The van der Waals surface area contributed by atoms with Gasteiger partial charge in [-0.15, -0.1) is 0 Å². The van der Waals surface area contributed by atoms with E-state index in [0.717, 1.165) is 0 Å². The van der Waals surface area contributed by atoms with E-state index >= 15 is 0 Å². The lowest BCUT2D eigenvalue weighted by Gasteiger charge is -2.15. The summed E-state index contributed by atoms with van der Waals surface area (Å²) in [7, 11) is 0. The minimum Gasteiger partial charge on any atom is -0.490 e. The fourth-order valence-electron chi connectivity index (χ4n) is 1.67. The van der Waals surface area contributed by atoms with Crippen molar-refractivity contribution in [2.75, 3.05) is 0 Å². The lowest BCUT2D eigenvalue weighted by molar-refractivity contribution is 0.0982. The minimum absolute atomic E-state index is 0.0864. The number of carbonyl (C=O) groups is 1. The first-order valence-electron chi connectivity index (χ1n) is 6.29. The average molecular weight is 234 g/mol. The Morgan fingerprint density at radius 3 is 2.35 bits per heavy atom. The zero-order valence-corrected chi connectivity index (χ0v) is 11.4. The summed E-state index contributed by atoms with van der Waals surface area (Å²) in [6.07, 6.45) is 0.596. The normalized spacial score (nSPS) is 11.0. The molecule has 0 heterocycles. The van der Waals surface area contributed by atoms with Crippen LogP contribution in [0.15, 0.2) is 18.2 Å². The van der Waals surface area contributed by atoms with Gasteiger partial charge >= 0.3 is 0 Å². The Morgan fingerprint density at radius 2 is 1.88 bits per heavy atom. The van der Waals surface area contributed by atoms with E-state index in [2.05, 4.69) is 13.8 Å². The topological polar surface area (TPSA) is 26.3 Å². The van der Waals surface area contributed by atoms with Crippen LogP contribution in [-0.2, 0) is 0 Å². The Hall–Kier alpha value is -1.31. The highest BCUT2D eigenvalue weighted by Crippen LogP contribution is 2.26. The molecule has 1 aromatic rings. The van der Waals surface area contributed by atoms with Gasteiger partial charge in [0, 0.05) is 6.42 Å². The van der Waals surface area contributed by atoms with Crippen LogP contribution in [0.3, 0.4) is 0 Å². The molecule has 0 bridgehead atoms. The van der Waals surface area contributed by atoms with Crippen molar-refractivity contribution >= 4 is 5.78 Å². The molecule has 0 N–H and O–H groups in total. The molecule has 1 rings (SSSR count). The van der Waals surface area contributed by atoms with Gasteiger partial charge in [-0.3, -0.25) is 4.79 Å². The van der Waals surface area contributed by atoms with Gasteiger partial charge < -0.3 is 4.74 Å². The summed E-state index contributed by atoms with van der Waals surface area (Å²) >= 11 is 0. The van der Waals surface area contributed by atoms with Gasteiger partial charge in [-0.1, -0.05) is 26.8 Å². The highest BCUT2D eigenvalue weighted by molar-refractivity contribution is 5.98. The summed E-state index contributed by atoms with van der Waals surface area (Å²) in [5, 5.41) is 0.